The van der Waals surface area contributed by atoms with Crippen LogP contribution in [0.5, 0.6) is 0 Å². The number of rotatable bonds is 4. The standard InChI is InChI=1S/C32H39FN4O7S/c1-20-24-16-21(25-18-36(30(40)44-32(5,6)7)26-17-22(33)9-10-23(25)26)8-11-27(24)45(41,42)37(20)15-14-34-12-13-35(19-28(34)38)29(39)43-31(2,3)4/h8-11,16-18,20H,12-15,19H2,1-7H3. The number of hydrogen-bond donors (Lipinski definition) is 0. The summed E-state index contributed by atoms with van der Waals surface area (Å²) in [5.74, 6) is -0.792. The van der Waals surface area contributed by atoms with Gasteiger partial charge in [0.15, 0.2) is 0 Å². The third-order valence-corrected chi connectivity index (χ3v) is 9.75. The normalized spacial score (nSPS) is 18.8. The van der Waals surface area contributed by atoms with E-state index in [4.69, 9.17) is 9.47 Å². The van der Waals surface area contributed by atoms with Crippen LogP contribution in [-0.4, -0.2) is 89.1 Å². The number of hydrogen-bond acceptors (Lipinski definition) is 7. The van der Waals surface area contributed by atoms with Crippen LogP contribution in [0.3, 0.4) is 0 Å². The van der Waals surface area contributed by atoms with Gasteiger partial charge >= 0.3 is 12.2 Å². The first-order chi connectivity index (χ1) is 20.9. The summed E-state index contributed by atoms with van der Waals surface area (Å²) in [7, 11) is -3.85. The number of halogens is 1. The van der Waals surface area contributed by atoms with Gasteiger partial charge in [-0.3, -0.25) is 14.3 Å². The van der Waals surface area contributed by atoms with E-state index in [2.05, 4.69) is 0 Å². The Labute approximate surface area is 262 Å². The minimum absolute atomic E-state index is 0.0723. The second kappa shape index (κ2) is 11.4. The van der Waals surface area contributed by atoms with Gasteiger partial charge in [0.1, 0.15) is 23.6 Å². The zero-order valence-electron chi connectivity index (χ0n) is 26.6. The Kier molecular flexibility index (Phi) is 8.24. The van der Waals surface area contributed by atoms with E-state index in [0.717, 1.165) is 0 Å². The molecular weight excluding hydrogens is 603 g/mol. The molecule has 1 unspecified atom stereocenters. The molecule has 0 aliphatic carbocycles. The predicted molar refractivity (Wildman–Crippen MR) is 166 cm³/mol. The summed E-state index contributed by atoms with van der Waals surface area (Å²) < 4.78 is 55.0. The summed E-state index contributed by atoms with van der Waals surface area (Å²) in [4.78, 5) is 41.3. The number of nitrogens with zero attached hydrogens (tertiary/aromatic N) is 4. The van der Waals surface area contributed by atoms with E-state index in [0.29, 0.717) is 27.6 Å². The Bertz CT molecular complexity index is 1790. The SMILES string of the molecule is CC1c2cc(-c3cn(C(=O)OC(C)(C)C)c4cc(F)ccc34)ccc2S(=O)(=O)N1CCN1CCN(C(=O)OC(C)(C)C)CC1=O. The molecule has 2 aromatic carbocycles. The Morgan fingerprint density at radius 1 is 0.933 bits per heavy atom. The zero-order valence-corrected chi connectivity index (χ0v) is 27.4. The third-order valence-electron chi connectivity index (χ3n) is 7.71. The zero-order chi connectivity index (χ0) is 33.1. The second-order valence-corrected chi connectivity index (χ2v) is 15.2. The van der Waals surface area contributed by atoms with Gasteiger partial charge in [-0.05, 0) is 89.9 Å². The van der Waals surface area contributed by atoms with Gasteiger partial charge in [0.05, 0.1) is 10.4 Å². The lowest BCUT2D eigenvalue weighted by Gasteiger charge is -2.36. The Morgan fingerprint density at radius 2 is 1.60 bits per heavy atom. The molecule has 3 heterocycles. The molecule has 2 amide bonds. The number of carbonyl (C=O) groups excluding carboxylic acids is 3. The lowest BCUT2D eigenvalue weighted by molar-refractivity contribution is -0.136. The summed E-state index contributed by atoms with van der Waals surface area (Å²) >= 11 is 0. The fraction of sp³-hybridized carbons (Fsp3) is 0.469. The Hall–Kier alpha value is -3.97. The van der Waals surface area contributed by atoms with Crippen LogP contribution >= 0.6 is 0 Å². The van der Waals surface area contributed by atoms with E-state index >= 15 is 0 Å². The van der Waals surface area contributed by atoms with E-state index in [1.165, 1.54) is 25.9 Å². The molecule has 0 radical (unpaired) electrons. The maximum Gasteiger partial charge on any atom is 0.419 e. The Morgan fingerprint density at radius 3 is 2.24 bits per heavy atom. The maximum atomic E-state index is 14.2. The summed E-state index contributed by atoms with van der Waals surface area (Å²) in [6.45, 7) is 12.9. The number of carbonyl (C=O) groups is 3. The molecule has 0 saturated carbocycles. The summed E-state index contributed by atoms with van der Waals surface area (Å²) in [6, 6.07) is 8.62. The van der Waals surface area contributed by atoms with Crippen molar-refractivity contribution in [2.45, 2.75) is 70.6 Å². The molecule has 1 atom stereocenters. The van der Waals surface area contributed by atoms with Crippen molar-refractivity contribution in [3.8, 4) is 11.1 Å². The number of benzene rings is 2. The predicted octanol–water partition coefficient (Wildman–Crippen LogP) is 5.38. The van der Waals surface area contributed by atoms with Crippen LogP contribution in [0, 0.1) is 5.82 Å². The molecule has 0 bridgehead atoms. The van der Waals surface area contributed by atoms with Gasteiger partial charge < -0.3 is 14.4 Å². The smallest absolute Gasteiger partial charge is 0.419 e. The van der Waals surface area contributed by atoms with Crippen molar-refractivity contribution < 1.29 is 36.7 Å². The molecule has 2 aliphatic rings. The Balaban J connectivity index is 1.36. The summed E-state index contributed by atoms with van der Waals surface area (Å²) in [5.41, 5.74) is 0.741. The van der Waals surface area contributed by atoms with Crippen molar-refractivity contribution >= 4 is 39.0 Å². The quantitative estimate of drug-likeness (QED) is 0.375. The van der Waals surface area contributed by atoms with E-state index in [9.17, 15) is 27.2 Å². The summed E-state index contributed by atoms with van der Waals surface area (Å²) in [5, 5.41) is 0.608. The van der Waals surface area contributed by atoms with Crippen molar-refractivity contribution in [2.24, 2.45) is 0 Å². The van der Waals surface area contributed by atoms with E-state index in [-0.39, 0.29) is 43.5 Å². The van der Waals surface area contributed by atoms with E-state index in [1.54, 1.807) is 83.8 Å². The highest BCUT2D eigenvalue weighted by atomic mass is 32.2. The lowest BCUT2D eigenvalue weighted by atomic mass is 9.99. The first-order valence-electron chi connectivity index (χ1n) is 14.8. The molecule has 242 valence electrons. The number of ether oxygens (including phenoxy) is 2. The molecule has 0 N–H and O–H groups in total. The molecule has 0 spiro atoms. The monoisotopic (exact) mass is 642 g/mol. The molecule has 45 heavy (non-hydrogen) atoms. The maximum absolute atomic E-state index is 14.2. The van der Waals surface area contributed by atoms with Crippen LogP contribution in [0.2, 0.25) is 0 Å². The second-order valence-electron chi connectivity index (χ2n) is 13.4. The van der Waals surface area contributed by atoms with Crippen LogP contribution in [0.4, 0.5) is 14.0 Å². The van der Waals surface area contributed by atoms with Crippen molar-refractivity contribution in [1.29, 1.82) is 0 Å². The van der Waals surface area contributed by atoms with Crippen molar-refractivity contribution in [3.05, 3.63) is 54.0 Å². The largest absolute Gasteiger partial charge is 0.444 e. The molecule has 3 aromatic rings. The molecule has 1 saturated heterocycles. The third kappa shape index (κ3) is 6.55. The molecular formula is C32H39FN4O7S. The number of piperazine rings is 1. The van der Waals surface area contributed by atoms with Gasteiger partial charge in [0, 0.05) is 49.4 Å². The number of amides is 2. The molecule has 5 rings (SSSR count). The highest BCUT2D eigenvalue weighted by molar-refractivity contribution is 7.89. The van der Waals surface area contributed by atoms with Crippen molar-refractivity contribution in [1.82, 2.24) is 18.7 Å². The number of aromatic nitrogens is 1. The molecule has 1 fully saturated rings. The van der Waals surface area contributed by atoms with Crippen LogP contribution in [0.15, 0.2) is 47.5 Å². The van der Waals surface area contributed by atoms with Gasteiger partial charge in [0.2, 0.25) is 15.9 Å². The molecule has 2 aliphatic heterocycles. The van der Waals surface area contributed by atoms with Gasteiger partial charge in [-0.1, -0.05) is 6.07 Å². The molecule has 13 heteroatoms. The molecule has 1 aromatic heterocycles. The minimum atomic E-state index is -3.85. The van der Waals surface area contributed by atoms with Gasteiger partial charge in [0.25, 0.3) is 0 Å². The van der Waals surface area contributed by atoms with Crippen LogP contribution in [0.25, 0.3) is 22.0 Å². The highest BCUT2D eigenvalue weighted by Crippen LogP contribution is 2.42. The van der Waals surface area contributed by atoms with Crippen molar-refractivity contribution in [3.63, 3.8) is 0 Å². The van der Waals surface area contributed by atoms with Gasteiger partial charge in [-0.15, -0.1) is 0 Å². The van der Waals surface area contributed by atoms with Crippen LogP contribution in [0.1, 0.15) is 60.1 Å². The van der Waals surface area contributed by atoms with Crippen LogP contribution in [-0.2, 0) is 24.3 Å². The van der Waals surface area contributed by atoms with E-state index < -0.39 is 45.3 Å². The van der Waals surface area contributed by atoms with Gasteiger partial charge in [-0.25, -0.2) is 22.4 Å². The average Bonchev–Trinajstić information content (AvgIpc) is 3.38. The lowest BCUT2D eigenvalue weighted by Crippen LogP contribution is -2.54. The molecule has 11 nitrogen and oxygen atoms in total. The average molecular weight is 643 g/mol. The highest BCUT2D eigenvalue weighted by Gasteiger charge is 2.41. The summed E-state index contributed by atoms with van der Waals surface area (Å²) in [6.07, 6.45) is 0.361. The number of fused-ring (bicyclic) bond motifs is 2. The fourth-order valence-electron chi connectivity index (χ4n) is 5.62. The fourth-order valence-corrected chi connectivity index (χ4v) is 7.49. The van der Waals surface area contributed by atoms with E-state index in [1.807, 2.05) is 0 Å². The first kappa shape index (κ1) is 32.4. The van der Waals surface area contributed by atoms with Crippen molar-refractivity contribution in [2.75, 3.05) is 32.7 Å². The topological polar surface area (TPSA) is 118 Å². The van der Waals surface area contributed by atoms with Crippen LogP contribution < -0.4 is 0 Å². The number of sulfonamides is 1. The van der Waals surface area contributed by atoms with Gasteiger partial charge in [-0.2, -0.15) is 4.31 Å². The first-order valence-corrected chi connectivity index (χ1v) is 16.3. The minimum Gasteiger partial charge on any atom is -0.444 e.